The van der Waals surface area contributed by atoms with Crippen LogP contribution in [0.15, 0.2) is 0 Å². The topological polar surface area (TPSA) is 63.2 Å². The molecule has 0 saturated heterocycles. The summed E-state index contributed by atoms with van der Waals surface area (Å²) in [6, 6.07) is 0. The van der Waals surface area contributed by atoms with E-state index < -0.39 is 0 Å². The largest absolute Gasteiger partial charge is 0.463 e. The van der Waals surface area contributed by atoms with Crippen molar-refractivity contribution in [2.45, 2.75) is 110 Å². The van der Waals surface area contributed by atoms with Crippen LogP contribution in [-0.4, -0.2) is 65.4 Å². The van der Waals surface area contributed by atoms with Crippen LogP contribution < -0.4 is 0 Å². The predicted molar refractivity (Wildman–Crippen MR) is 135 cm³/mol. The van der Waals surface area contributed by atoms with Gasteiger partial charge in [-0.2, -0.15) is 0 Å². The lowest BCUT2D eigenvalue weighted by atomic mass is 10.1. The minimum atomic E-state index is -0.121. The molecule has 0 aromatic heterocycles. The van der Waals surface area contributed by atoms with E-state index in [2.05, 4.69) is 13.8 Å². The van der Waals surface area contributed by atoms with Crippen LogP contribution in [0, 0.1) is 0 Å². The number of hydrogen-bond acceptors (Lipinski definition) is 6. The van der Waals surface area contributed by atoms with Crippen molar-refractivity contribution < 1.29 is 28.5 Å². The minimum Gasteiger partial charge on any atom is -0.463 e. The monoisotopic (exact) mass is 474 g/mol. The molecule has 0 aliphatic heterocycles. The van der Waals surface area contributed by atoms with E-state index in [1.165, 1.54) is 70.6 Å². The van der Waals surface area contributed by atoms with Crippen LogP contribution >= 0.6 is 0 Å². The van der Waals surface area contributed by atoms with Crippen molar-refractivity contribution >= 4 is 5.97 Å². The van der Waals surface area contributed by atoms with Crippen molar-refractivity contribution in [3.05, 3.63) is 0 Å². The van der Waals surface area contributed by atoms with Crippen molar-refractivity contribution in [1.29, 1.82) is 0 Å². The van der Waals surface area contributed by atoms with E-state index in [0.717, 1.165) is 25.9 Å². The van der Waals surface area contributed by atoms with Crippen LogP contribution in [0.5, 0.6) is 0 Å². The Hall–Kier alpha value is -0.690. The molecule has 6 nitrogen and oxygen atoms in total. The summed E-state index contributed by atoms with van der Waals surface area (Å²) < 4.78 is 27.1. The van der Waals surface area contributed by atoms with Crippen molar-refractivity contribution in [3.8, 4) is 0 Å². The number of ether oxygens (including phenoxy) is 5. The molecule has 0 atom stereocenters. The Morgan fingerprint density at radius 3 is 1.27 bits per heavy atom. The lowest BCUT2D eigenvalue weighted by Gasteiger charge is -2.08. The Labute approximate surface area is 204 Å². The fraction of sp³-hybridized carbons (Fsp3) is 0.963. The van der Waals surface area contributed by atoms with Gasteiger partial charge in [0.05, 0.1) is 46.2 Å². The first-order valence-electron chi connectivity index (χ1n) is 13.8. The molecule has 0 aliphatic rings. The smallest absolute Gasteiger partial charge is 0.305 e. The first-order valence-corrected chi connectivity index (χ1v) is 13.8. The Morgan fingerprint density at radius 2 is 0.788 bits per heavy atom. The number of carbonyl (C=O) groups excluding carboxylic acids is 1. The summed E-state index contributed by atoms with van der Waals surface area (Å²) in [5.41, 5.74) is 0. The first kappa shape index (κ1) is 32.3. The molecule has 0 N–H and O–H groups in total. The van der Waals surface area contributed by atoms with E-state index in [1.54, 1.807) is 0 Å². The molecule has 0 aromatic carbocycles. The average molecular weight is 475 g/mol. The summed E-state index contributed by atoms with van der Waals surface area (Å²) in [5, 5.41) is 0. The molecule has 198 valence electrons. The number of rotatable bonds is 28. The third-order valence-corrected chi connectivity index (χ3v) is 5.48. The fourth-order valence-corrected chi connectivity index (χ4v) is 3.44. The lowest BCUT2D eigenvalue weighted by molar-refractivity contribution is -0.145. The molecule has 0 spiro atoms. The highest BCUT2D eigenvalue weighted by Crippen LogP contribution is 2.08. The molecule has 0 fully saturated rings. The summed E-state index contributed by atoms with van der Waals surface area (Å²) in [6.07, 6.45) is 18.1. The molecule has 0 heterocycles. The normalized spacial score (nSPS) is 11.2. The van der Waals surface area contributed by atoms with Gasteiger partial charge in [0.25, 0.3) is 0 Å². The van der Waals surface area contributed by atoms with E-state index >= 15 is 0 Å². The molecule has 0 aromatic rings. The average Bonchev–Trinajstić information content (AvgIpc) is 2.82. The van der Waals surface area contributed by atoms with Gasteiger partial charge in [0.15, 0.2) is 0 Å². The van der Waals surface area contributed by atoms with E-state index in [4.69, 9.17) is 23.7 Å². The van der Waals surface area contributed by atoms with Gasteiger partial charge in [-0.25, -0.2) is 0 Å². The summed E-state index contributed by atoms with van der Waals surface area (Å²) in [6.45, 7) is 9.42. The zero-order valence-corrected chi connectivity index (χ0v) is 21.9. The van der Waals surface area contributed by atoms with E-state index in [-0.39, 0.29) is 5.97 Å². The lowest BCUT2D eigenvalue weighted by Crippen LogP contribution is -2.14. The number of hydrogen-bond donors (Lipinski definition) is 0. The molecular formula is C27H54O6. The highest BCUT2D eigenvalue weighted by Gasteiger charge is 2.02. The highest BCUT2D eigenvalue weighted by atomic mass is 16.6. The van der Waals surface area contributed by atoms with Gasteiger partial charge in [0.1, 0.15) is 6.61 Å². The third kappa shape index (κ3) is 29.3. The number of unbranched alkanes of at least 4 members (excludes halogenated alkanes) is 12. The van der Waals surface area contributed by atoms with Gasteiger partial charge < -0.3 is 23.7 Å². The zero-order valence-electron chi connectivity index (χ0n) is 21.9. The Morgan fingerprint density at radius 1 is 0.424 bits per heavy atom. The van der Waals surface area contributed by atoms with Gasteiger partial charge in [0, 0.05) is 13.0 Å². The van der Waals surface area contributed by atoms with Gasteiger partial charge >= 0.3 is 5.97 Å². The molecule has 0 amide bonds. The number of esters is 1. The molecule has 0 saturated carbocycles. The Kier molecular flexibility index (Phi) is 28.7. The SMILES string of the molecule is CCCCCCCCCCOCCOCCOCCOCCOC(=O)CCCCCCCC. The van der Waals surface area contributed by atoms with Crippen LogP contribution in [0.1, 0.15) is 110 Å². The van der Waals surface area contributed by atoms with Crippen molar-refractivity contribution in [3.63, 3.8) is 0 Å². The standard InChI is InChI=1S/C27H54O6/c1-3-5-7-9-11-12-14-16-18-29-19-20-30-21-22-31-23-24-32-25-26-33-27(28)17-15-13-10-8-6-4-2/h3-26H2,1-2H3. The van der Waals surface area contributed by atoms with Crippen molar-refractivity contribution in [2.24, 2.45) is 0 Å². The maximum absolute atomic E-state index is 11.6. The molecule has 33 heavy (non-hydrogen) atoms. The first-order chi connectivity index (χ1) is 16.3. The zero-order chi connectivity index (χ0) is 24.1. The van der Waals surface area contributed by atoms with Gasteiger partial charge in [0.2, 0.25) is 0 Å². The maximum Gasteiger partial charge on any atom is 0.305 e. The van der Waals surface area contributed by atoms with Crippen LogP contribution in [0.4, 0.5) is 0 Å². The van der Waals surface area contributed by atoms with Gasteiger partial charge in [-0.1, -0.05) is 90.9 Å². The predicted octanol–water partition coefficient (Wildman–Crippen LogP) is 6.49. The number of carbonyl (C=O) groups is 1. The molecule has 0 unspecified atom stereocenters. The maximum atomic E-state index is 11.6. The third-order valence-electron chi connectivity index (χ3n) is 5.48. The fourth-order valence-electron chi connectivity index (χ4n) is 3.44. The van der Waals surface area contributed by atoms with Gasteiger partial charge in [-0.3, -0.25) is 4.79 Å². The van der Waals surface area contributed by atoms with Crippen LogP contribution in [0.25, 0.3) is 0 Å². The minimum absolute atomic E-state index is 0.121. The molecule has 0 radical (unpaired) electrons. The molecule has 6 heteroatoms. The van der Waals surface area contributed by atoms with Crippen LogP contribution in [0.3, 0.4) is 0 Å². The van der Waals surface area contributed by atoms with Crippen molar-refractivity contribution in [2.75, 3.05) is 59.5 Å². The van der Waals surface area contributed by atoms with Crippen LogP contribution in [0.2, 0.25) is 0 Å². The van der Waals surface area contributed by atoms with E-state index in [9.17, 15) is 4.79 Å². The molecule has 0 aliphatic carbocycles. The summed E-state index contributed by atoms with van der Waals surface area (Å²) >= 11 is 0. The second-order valence-corrected chi connectivity index (χ2v) is 8.66. The molecule has 0 rings (SSSR count). The quantitative estimate of drug-likeness (QED) is 0.0954. The highest BCUT2D eigenvalue weighted by molar-refractivity contribution is 5.69. The summed E-state index contributed by atoms with van der Waals surface area (Å²) in [4.78, 5) is 11.6. The summed E-state index contributed by atoms with van der Waals surface area (Å²) in [7, 11) is 0. The molecule has 0 bridgehead atoms. The second-order valence-electron chi connectivity index (χ2n) is 8.66. The van der Waals surface area contributed by atoms with Crippen LogP contribution in [-0.2, 0) is 28.5 Å². The van der Waals surface area contributed by atoms with Gasteiger partial charge in [-0.15, -0.1) is 0 Å². The van der Waals surface area contributed by atoms with Crippen molar-refractivity contribution in [1.82, 2.24) is 0 Å². The van der Waals surface area contributed by atoms with Gasteiger partial charge in [-0.05, 0) is 12.8 Å². The second kappa shape index (κ2) is 29.3. The van der Waals surface area contributed by atoms with E-state index in [1.807, 2.05) is 0 Å². The Balaban J connectivity index is 3.09. The summed E-state index contributed by atoms with van der Waals surface area (Å²) in [5.74, 6) is -0.121. The van der Waals surface area contributed by atoms with E-state index in [0.29, 0.717) is 59.3 Å². The Bertz CT molecular complexity index is 378. The molecular weight excluding hydrogens is 420 g/mol.